The normalized spacial score (nSPS) is 17.6. The van der Waals surface area contributed by atoms with Crippen molar-refractivity contribution >= 4 is 21.6 Å². The molecule has 6 nitrogen and oxygen atoms in total. The zero-order chi connectivity index (χ0) is 20.5. The standard InChI is InChI=1S/C18H17F3N2O4S/c19-9-12-6-13(8-16(20)17(12)21)22-18(25)11-2-1-3-15(7-11)28(26,27)23-5-4-14(24)10-23/h1-3,6-8,14,24H,4-5,9-10H2,(H,22,25). The molecule has 1 heterocycles. The SMILES string of the molecule is O=C(Nc1cc(F)c(F)c(CF)c1)c1cccc(S(=O)(=O)N2CCC(O)C2)c1. The molecule has 1 saturated heterocycles. The average molecular weight is 414 g/mol. The first-order chi connectivity index (χ1) is 13.2. The smallest absolute Gasteiger partial charge is 0.255 e. The number of sulfonamides is 1. The van der Waals surface area contributed by atoms with Crippen LogP contribution in [0.15, 0.2) is 41.3 Å². The van der Waals surface area contributed by atoms with Crippen molar-refractivity contribution in [2.75, 3.05) is 18.4 Å². The van der Waals surface area contributed by atoms with Crippen LogP contribution in [0.4, 0.5) is 18.9 Å². The van der Waals surface area contributed by atoms with E-state index < -0.39 is 45.9 Å². The highest BCUT2D eigenvalue weighted by atomic mass is 32.2. The van der Waals surface area contributed by atoms with E-state index in [1.165, 1.54) is 18.2 Å². The van der Waals surface area contributed by atoms with Crippen LogP contribution in [0.2, 0.25) is 0 Å². The molecule has 2 aromatic carbocycles. The third-order valence-electron chi connectivity index (χ3n) is 4.37. The molecule has 1 fully saturated rings. The molecule has 2 N–H and O–H groups in total. The van der Waals surface area contributed by atoms with Gasteiger partial charge < -0.3 is 10.4 Å². The van der Waals surface area contributed by atoms with Crippen LogP contribution in [0.25, 0.3) is 0 Å². The number of hydrogen-bond acceptors (Lipinski definition) is 4. The van der Waals surface area contributed by atoms with E-state index in [-0.39, 0.29) is 29.2 Å². The summed E-state index contributed by atoms with van der Waals surface area (Å²) in [5, 5.41) is 11.8. The van der Waals surface area contributed by atoms with Gasteiger partial charge >= 0.3 is 0 Å². The fourth-order valence-electron chi connectivity index (χ4n) is 2.89. The lowest BCUT2D eigenvalue weighted by molar-refractivity contribution is 0.102. The number of carbonyl (C=O) groups excluding carboxylic acids is 1. The number of rotatable bonds is 5. The topological polar surface area (TPSA) is 86.7 Å². The molecule has 1 atom stereocenters. The Morgan fingerprint density at radius 2 is 2.00 bits per heavy atom. The maximum absolute atomic E-state index is 13.5. The average Bonchev–Trinajstić information content (AvgIpc) is 3.11. The maximum atomic E-state index is 13.5. The molecule has 10 heteroatoms. The first-order valence-corrected chi connectivity index (χ1v) is 9.80. The molecular formula is C18H17F3N2O4S. The highest BCUT2D eigenvalue weighted by molar-refractivity contribution is 7.89. The van der Waals surface area contributed by atoms with E-state index in [2.05, 4.69) is 5.32 Å². The molecule has 3 rings (SSSR count). The number of amides is 1. The number of nitrogens with zero attached hydrogens (tertiary/aromatic N) is 1. The third kappa shape index (κ3) is 4.03. The van der Waals surface area contributed by atoms with E-state index in [0.29, 0.717) is 12.5 Å². The Morgan fingerprint density at radius 3 is 2.64 bits per heavy atom. The van der Waals surface area contributed by atoms with Gasteiger partial charge in [0.25, 0.3) is 5.91 Å². The van der Waals surface area contributed by atoms with Gasteiger partial charge in [-0.3, -0.25) is 4.79 Å². The minimum absolute atomic E-state index is 0.0282. The number of β-amino-alcohol motifs (C(OH)–C–C–N with tert-alkyl or cyclic N) is 1. The first-order valence-electron chi connectivity index (χ1n) is 8.36. The molecule has 0 aromatic heterocycles. The monoisotopic (exact) mass is 414 g/mol. The van der Waals surface area contributed by atoms with E-state index in [1.54, 1.807) is 0 Å². The van der Waals surface area contributed by atoms with Crippen LogP contribution in [0.1, 0.15) is 22.3 Å². The Balaban J connectivity index is 1.84. The van der Waals surface area contributed by atoms with Crippen LogP contribution in [-0.2, 0) is 16.7 Å². The molecule has 28 heavy (non-hydrogen) atoms. The summed E-state index contributed by atoms with van der Waals surface area (Å²) in [5.41, 5.74) is -0.737. The van der Waals surface area contributed by atoms with Crippen molar-refractivity contribution in [1.29, 1.82) is 0 Å². The zero-order valence-electron chi connectivity index (χ0n) is 14.5. The van der Waals surface area contributed by atoms with Crippen LogP contribution >= 0.6 is 0 Å². The number of aliphatic hydroxyl groups is 1. The maximum Gasteiger partial charge on any atom is 0.255 e. The van der Waals surface area contributed by atoms with Gasteiger partial charge in [0.05, 0.1) is 11.0 Å². The van der Waals surface area contributed by atoms with Crippen LogP contribution in [0.3, 0.4) is 0 Å². The Kier molecular flexibility index (Phi) is 5.73. The van der Waals surface area contributed by atoms with Crippen molar-refractivity contribution in [1.82, 2.24) is 4.31 Å². The molecular weight excluding hydrogens is 397 g/mol. The molecule has 1 unspecified atom stereocenters. The minimum atomic E-state index is -3.89. The molecule has 0 spiro atoms. The highest BCUT2D eigenvalue weighted by Gasteiger charge is 2.31. The van der Waals surface area contributed by atoms with Crippen LogP contribution in [0.5, 0.6) is 0 Å². The molecule has 0 aliphatic carbocycles. The van der Waals surface area contributed by atoms with Gasteiger partial charge in [0, 0.05) is 36.0 Å². The number of anilines is 1. The molecule has 0 saturated carbocycles. The van der Waals surface area contributed by atoms with Crippen LogP contribution in [-0.4, -0.2) is 42.9 Å². The summed E-state index contributed by atoms with van der Waals surface area (Å²) < 4.78 is 66.0. The van der Waals surface area contributed by atoms with E-state index in [9.17, 15) is 31.5 Å². The van der Waals surface area contributed by atoms with E-state index >= 15 is 0 Å². The Hall–Kier alpha value is -2.43. The second-order valence-corrected chi connectivity index (χ2v) is 8.29. The summed E-state index contributed by atoms with van der Waals surface area (Å²) in [6.45, 7) is -1.11. The third-order valence-corrected chi connectivity index (χ3v) is 6.23. The quantitative estimate of drug-likeness (QED) is 0.787. The van der Waals surface area contributed by atoms with Crippen molar-refractivity contribution in [2.24, 2.45) is 0 Å². The summed E-state index contributed by atoms with van der Waals surface area (Å²) in [6, 6.07) is 6.84. The number of halogens is 3. The Bertz CT molecular complexity index is 1010. The number of carbonyl (C=O) groups is 1. The summed E-state index contributed by atoms with van der Waals surface area (Å²) in [7, 11) is -3.89. The van der Waals surface area contributed by atoms with Crippen LogP contribution < -0.4 is 5.32 Å². The van der Waals surface area contributed by atoms with Gasteiger partial charge in [-0.05, 0) is 30.7 Å². The number of alkyl halides is 1. The van der Waals surface area contributed by atoms with Gasteiger partial charge in [0.1, 0.15) is 6.67 Å². The fourth-order valence-corrected chi connectivity index (χ4v) is 4.43. The largest absolute Gasteiger partial charge is 0.392 e. The van der Waals surface area contributed by atoms with Crippen molar-refractivity contribution < 1.29 is 31.5 Å². The van der Waals surface area contributed by atoms with E-state index in [1.807, 2.05) is 0 Å². The highest BCUT2D eigenvalue weighted by Crippen LogP contribution is 2.23. The zero-order valence-corrected chi connectivity index (χ0v) is 15.3. The lowest BCUT2D eigenvalue weighted by Gasteiger charge is -2.16. The first kappa shape index (κ1) is 20.3. The van der Waals surface area contributed by atoms with Crippen molar-refractivity contribution in [3.63, 3.8) is 0 Å². The van der Waals surface area contributed by atoms with Crippen LogP contribution in [0, 0.1) is 11.6 Å². The lowest BCUT2D eigenvalue weighted by atomic mass is 10.1. The Labute approximate surface area is 159 Å². The second kappa shape index (κ2) is 7.90. The summed E-state index contributed by atoms with van der Waals surface area (Å²) in [4.78, 5) is 12.3. The number of aliphatic hydroxyl groups excluding tert-OH is 1. The molecule has 2 aromatic rings. The number of hydrogen-bond donors (Lipinski definition) is 2. The fraction of sp³-hybridized carbons (Fsp3) is 0.278. The van der Waals surface area contributed by atoms with Gasteiger partial charge in [-0.2, -0.15) is 4.31 Å². The van der Waals surface area contributed by atoms with E-state index in [4.69, 9.17) is 0 Å². The van der Waals surface area contributed by atoms with Crippen molar-refractivity contribution in [3.8, 4) is 0 Å². The van der Waals surface area contributed by atoms with Crippen molar-refractivity contribution in [2.45, 2.75) is 24.1 Å². The van der Waals surface area contributed by atoms with Gasteiger partial charge in [0.15, 0.2) is 11.6 Å². The van der Waals surface area contributed by atoms with E-state index in [0.717, 1.165) is 16.4 Å². The molecule has 0 bridgehead atoms. The van der Waals surface area contributed by atoms with Gasteiger partial charge in [0.2, 0.25) is 10.0 Å². The molecule has 150 valence electrons. The summed E-state index contributed by atoms with van der Waals surface area (Å²) in [6.07, 6.45) is -0.411. The summed E-state index contributed by atoms with van der Waals surface area (Å²) in [5.74, 6) is -3.41. The van der Waals surface area contributed by atoms with Crippen molar-refractivity contribution in [3.05, 3.63) is 59.2 Å². The Morgan fingerprint density at radius 1 is 1.25 bits per heavy atom. The molecule has 0 radical (unpaired) electrons. The number of nitrogens with one attached hydrogen (secondary N) is 1. The van der Waals surface area contributed by atoms with Gasteiger partial charge in [-0.15, -0.1) is 0 Å². The summed E-state index contributed by atoms with van der Waals surface area (Å²) >= 11 is 0. The number of benzene rings is 2. The minimum Gasteiger partial charge on any atom is -0.392 e. The molecule has 1 aliphatic rings. The molecule has 1 aliphatic heterocycles. The predicted molar refractivity (Wildman–Crippen MR) is 94.9 cm³/mol. The van der Waals surface area contributed by atoms with Gasteiger partial charge in [-0.1, -0.05) is 6.07 Å². The lowest BCUT2D eigenvalue weighted by Crippen LogP contribution is -2.30. The molecule has 1 amide bonds. The predicted octanol–water partition coefficient (Wildman–Crippen LogP) is 2.44. The van der Waals surface area contributed by atoms with Gasteiger partial charge in [-0.25, -0.2) is 21.6 Å². The second-order valence-electron chi connectivity index (χ2n) is 6.35.